The van der Waals surface area contributed by atoms with E-state index in [4.69, 9.17) is 0 Å². The quantitative estimate of drug-likeness (QED) is 0.615. The molecule has 0 saturated heterocycles. The average molecular weight is 237 g/mol. The van der Waals surface area contributed by atoms with E-state index >= 15 is 0 Å². The first-order valence-electron chi connectivity index (χ1n) is 5.85. The Balaban J connectivity index is 2.27. The van der Waals surface area contributed by atoms with Crippen molar-refractivity contribution >= 4 is 11.8 Å². The van der Waals surface area contributed by atoms with Crippen LogP contribution in [0, 0.1) is 5.41 Å². The molecular formula is C14H23NS. The minimum Gasteiger partial charge on any atom is -0.313 e. The fourth-order valence-electron chi connectivity index (χ4n) is 1.44. The van der Waals surface area contributed by atoms with Crippen molar-refractivity contribution in [1.29, 1.82) is 0 Å². The third kappa shape index (κ3) is 5.57. The smallest absolute Gasteiger partial charge is 0.0205 e. The van der Waals surface area contributed by atoms with Gasteiger partial charge in [0.15, 0.2) is 0 Å². The fraction of sp³-hybridized carbons (Fsp3) is 0.571. The average Bonchev–Trinajstić information content (AvgIpc) is 2.24. The Labute approximate surface area is 104 Å². The van der Waals surface area contributed by atoms with Gasteiger partial charge in [0.1, 0.15) is 0 Å². The summed E-state index contributed by atoms with van der Waals surface area (Å²) in [6.45, 7) is 8.91. The standard InChI is InChI=1S/C14H23NS/c1-14(2,3)9-10-15-11-12-5-7-13(16-4)8-6-12/h5-8,15H,9-11H2,1-4H3. The summed E-state index contributed by atoms with van der Waals surface area (Å²) < 4.78 is 0. The molecule has 0 radical (unpaired) electrons. The van der Waals surface area contributed by atoms with E-state index in [0.717, 1.165) is 13.1 Å². The van der Waals surface area contributed by atoms with Crippen LogP contribution in [0.15, 0.2) is 29.2 Å². The van der Waals surface area contributed by atoms with Gasteiger partial charge in [0.05, 0.1) is 0 Å². The maximum absolute atomic E-state index is 3.49. The van der Waals surface area contributed by atoms with E-state index in [-0.39, 0.29) is 0 Å². The van der Waals surface area contributed by atoms with Gasteiger partial charge in [-0.3, -0.25) is 0 Å². The lowest BCUT2D eigenvalue weighted by atomic mass is 9.92. The molecule has 0 aliphatic heterocycles. The van der Waals surface area contributed by atoms with Crippen LogP contribution in [-0.4, -0.2) is 12.8 Å². The van der Waals surface area contributed by atoms with Crippen LogP contribution in [0.3, 0.4) is 0 Å². The molecule has 0 unspecified atom stereocenters. The van der Waals surface area contributed by atoms with Gasteiger partial charge in [-0.1, -0.05) is 32.9 Å². The summed E-state index contributed by atoms with van der Waals surface area (Å²) in [5, 5.41) is 3.49. The normalized spacial score (nSPS) is 11.8. The van der Waals surface area contributed by atoms with Crippen LogP contribution in [0.2, 0.25) is 0 Å². The van der Waals surface area contributed by atoms with Crippen LogP contribution in [0.1, 0.15) is 32.8 Å². The van der Waals surface area contributed by atoms with Crippen molar-refractivity contribution in [1.82, 2.24) is 5.32 Å². The molecule has 0 atom stereocenters. The maximum atomic E-state index is 3.49. The van der Waals surface area contributed by atoms with Gasteiger partial charge in [-0.25, -0.2) is 0 Å². The largest absolute Gasteiger partial charge is 0.313 e. The topological polar surface area (TPSA) is 12.0 Å². The third-order valence-electron chi connectivity index (χ3n) is 2.54. The summed E-state index contributed by atoms with van der Waals surface area (Å²) in [6, 6.07) is 8.78. The van der Waals surface area contributed by atoms with Gasteiger partial charge >= 0.3 is 0 Å². The highest BCUT2D eigenvalue weighted by atomic mass is 32.2. The molecule has 1 rings (SSSR count). The first kappa shape index (κ1) is 13.6. The van der Waals surface area contributed by atoms with Crippen LogP contribution in [0.4, 0.5) is 0 Å². The second kappa shape index (κ2) is 6.31. The maximum Gasteiger partial charge on any atom is 0.0205 e. The molecule has 0 bridgehead atoms. The second-order valence-electron chi connectivity index (χ2n) is 5.34. The lowest BCUT2D eigenvalue weighted by Gasteiger charge is -2.18. The van der Waals surface area contributed by atoms with Gasteiger partial charge in [-0.2, -0.15) is 0 Å². The predicted octanol–water partition coefficient (Wildman–Crippen LogP) is 3.93. The van der Waals surface area contributed by atoms with Gasteiger partial charge in [0, 0.05) is 11.4 Å². The Kier molecular flexibility index (Phi) is 5.36. The summed E-state index contributed by atoms with van der Waals surface area (Å²) in [4.78, 5) is 1.33. The number of rotatable bonds is 5. The van der Waals surface area contributed by atoms with E-state index in [1.54, 1.807) is 11.8 Å². The summed E-state index contributed by atoms with van der Waals surface area (Å²) in [5.74, 6) is 0. The Bertz CT molecular complexity index is 298. The number of benzene rings is 1. The van der Waals surface area contributed by atoms with Gasteiger partial charge in [-0.15, -0.1) is 11.8 Å². The van der Waals surface area contributed by atoms with Crippen molar-refractivity contribution in [3.8, 4) is 0 Å². The molecule has 0 fully saturated rings. The minimum atomic E-state index is 0.426. The first-order chi connectivity index (χ1) is 7.51. The van der Waals surface area contributed by atoms with Crippen molar-refractivity contribution < 1.29 is 0 Å². The SMILES string of the molecule is CSc1ccc(CNCCC(C)(C)C)cc1. The monoisotopic (exact) mass is 237 g/mol. The zero-order valence-electron chi connectivity index (χ0n) is 10.8. The Morgan fingerprint density at radius 1 is 1.12 bits per heavy atom. The molecule has 16 heavy (non-hydrogen) atoms. The van der Waals surface area contributed by atoms with Crippen molar-refractivity contribution in [2.75, 3.05) is 12.8 Å². The molecule has 0 heterocycles. The number of hydrogen-bond donors (Lipinski definition) is 1. The summed E-state index contributed by atoms with van der Waals surface area (Å²) >= 11 is 1.79. The third-order valence-corrected chi connectivity index (χ3v) is 3.28. The molecule has 0 aromatic heterocycles. The van der Waals surface area contributed by atoms with Gasteiger partial charge in [0.25, 0.3) is 0 Å². The molecule has 90 valence electrons. The predicted molar refractivity (Wildman–Crippen MR) is 74.0 cm³/mol. The molecule has 1 nitrogen and oxygen atoms in total. The molecule has 2 heteroatoms. The zero-order chi connectivity index (χ0) is 12.0. The molecule has 0 saturated carbocycles. The summed E-state index contributed by atoms with van der Waals surface area (Å²) in [5.41, 5.74) is 1.79. The van der Waals surface area contributed by atoms with Crippen LogP contribution < -0.4 is 5.32 Å². The van der Waals surface area contributed by atoms with Crippen LogP contribution in [-0.2, 0) is 6.54 Å². The highest BCUT2D eigenvalue weighted by Gasteiger charge is 2.08. The van der Waals surface area contributed by atoms with Crippen LogP contribution in [0.5, 0.6) is 0 Å². The van der Waals surface area contributed by atoms with Crippen molar-refractivity contribution in [2.24, 2.45) is 5.41 Å². The van der Waals surface area contributed by atoms with Crippen molar-refractivity contribution in [3.05, 3.63) is 29.8 Å². The zero-order valence-corrected chi connectivity index (χ0v) is 11.7. The minimum absolute atomic E-state index is 0.426. The fourth-order valence-corrected chi connectivity index (χ4v) is 1.85. The lowest BCUT2D eigenvalue weighted by Crippen LogP contribution is -2.20. The summed E-state index contributed by atoms with van der Waals surface area (Å²) in [7, 11) is 0. The second-order valence-corrected chi connectivity index (χ2v) is 6.22. The summed E-state index contributed by atoms with van der Waals surface area (Å²) in [6.07, 6.45) is 3.33. The Morgan fingerprint density at radius 2 is 1.75 bits per heavy atom. The molecule has 0 aliphatic rings. The van der Waals surface area contributed by atoms with E-state index in [1.165, 1.54) is 16.9 Å². The highest BCUT2D eigenvalue weighted by Crippen LogP contribution is 2.17. The Morgan fingerprint density at radius 3 is 2.25 bits per heavy atom. The van der Waals surface area contributed by atoms with Gasteiger partial charge in [0.2, 0.25) is 0 Å². The van der Waals surface area contributed by atoms with E-state index in [0.29, 0.717) is 5.41 Å². The molecule has 0 aliphatic carbocycles. The van der Waals surface area contributed by atoms with Crippen LogP contribution in [0.25, 0.3) is 0 Å². The molecule has 1 aromatic carbocycles. The number of thioether (sulfide) groups is 1. The molecule has 0 spiro atoms. The van der Waals surface area contributed by atoms with Gasteiger partial charge in [-0.05, 0) is 42.3 Å². The molecule has 1 N–H and O–H groups in total. The number of nitrogens with one attached hydrogen (secondary N) is 1. The van der Waals surface area contributed by atoms with Crippen LogP contribution >= 0.6 is 11.8 Å². The van der Waals surface area contributed by atoms with Crippen molar-refractivity contribution in [3.63, 3.8) is 0 Å². The highest BCUT2D eigenvalue weighted by molar-refractivity contribution is 7.98. The molecule has 1 aromatic rings. The van der Waals surface area contributed by atoms with E-state index in [1.807, 2.05) is 0 Å². The van der Waals surface area contributed by atoms with Crippen molar-refractivity contribution in [2.45, 2.75) is 38.6 Å². The van der Waals surface area contributed by atoms with E-state index < -0.39 is 0 Å². The first-order valence-corrected chi connectivity index (χ1v) is 7.07. The molecular weight excluding hydrogens is 214 g/mol. The van der Waals surface area contributed by atoms with E-state index in [2.05, 4.69) is 56.6 Å². The Hall–Kier alpha value is -0.470. The van der Waals surface area contributed by atoms with Gasteiger partial charge < -0.3 is 5.32 Å². The number of hydrogen-bond acceptors (Lipinski definition) is 2. The molecule has 0 amide bonds. The van der Waals surface area contributed by atoms with E-state index in [9.17, 15) is 0 Å². The lowest BCUT2D eigenvalue weighted by molar-refractivity contribution is 0.366.